The first kappa shape index (κ1) is 12.6. The fourth-order valence-electron chi connectivity index (χ4n) is 1.72. The summed E-state index contributed by atoms with van der Waals surface area (Å²) in [5.74, 6) is 0.0771. The zero-order valence-electron chi connectivity index (χ0n) is 9.63. The SMILES string of the molecule is Cc1nn(Cc2ccccc2Br)c(N)c1[N+](=O)[O-]. The van der Waals surface area contributed by atoms with Crippen molar-refractivity contribution in [1.29, 1.82) is 0 Å². The first-order valence-corrected chi connectivity index (χ1v) is 6.00. The first-order valence-electron chi connectivity index (χ1n) is 5.21. The largest absolute Gasteiger partial charge is 0.378 e. The lowest BCUT2D eigenvalue weighted by Crippen LogP contribution is -2.07. The molecule has 0 aliphatic carbocycles. The standard InChI is InChI=1S/C11H11BrN4O2/c1-7-10(16(17)18)11(13)15(14-7)6-8-4-2-3-5-9(8)12/h2-5H,6,13H2,1H3. The molecule has 0 spiro atoms. The number of nitrogen functional groups attached to an aromatic ring is 1. The van der Waals surface area contributed by atoms with Crippen molar-refractivity contribution in [2.75, 3.05) is 5.73 Å². The van der Waals surface area contributed by atoms with E-state index in [1.54, 1.807) is 6.92 Å². The van der Waals surface area contributed by atoms with Gasteiger partial charge in [0, 0.05) is 4.47 Å². The number of hydrogen-bond acceptors (Lipinski definition) is 4. The van der Waals surface area contributed by atoms with Crippen molar-refractivity contribution in [3.63, 3.8) is 0 Å². The maximum Gasteiger partial charge on any atom is 0.333 e. The third-order valence-corrected chi connectivity index (χ3v) is 3.37. The minimum Gasteiger partial charge on any atom is -0.378 e. The highest BCUT2D eigenvalue weighted by molar-refractivity contribution is 9.10. The van der Waals surface area contributed by atoms with Crippen molar-refractivity contribution in [3.8, 4) is 0 Å². The summed E-state index contributed by atoms with van der Waals surface area (Å²) < 4.78 is 2.35. The van der Waals surface area contributed by atoms with Crippen molar-refractivity contribution in [3.05, 3.63) is 50.1 Å². The molecule has 2 aromatic rings. The van der Waals surface area contributed by atoms with Gasteiger partial charge in [0.2, 0.25) is 5.82 Å². The van der Waals surface area contributed by atoms with Gasteiger partial charge < -0.3 is 5.73 Å². The van der Waals surface area contributed by atoms with E-state index in [9.17, 15) is 10.1 Å². The Balaban J connectivity index is 2.39. The summed E-state index contributed by atoms with van der Waals surface area (Å²) in [6.45, 7) is 1.97. The number of halogens is 1. The van der Waals surface area contributed by atoms with Crippen LogP contribution < -0.4 is 5.73 Å². The molecule has 0 aliphatic rings. The molecule has 0 unspecified atom stereocenters. The number of benzene rings is 1. The Morgan fingerprint density at radius 1 is 1.50 bits per heavy atom. The highest BCUT2D eigenvalue weighted by Gasteiger charge is 2.22. The molecule has 0 amide bonds. The number of anilines is 1. The van der Waals surface area contributed by atoms with E-state index in [2.05, 4.69) is 21.0 Å². The zero-order chi connectivity index (χ0) is 13.3. The molecule has 2 N–H and O–H groups in total. The lowest BCUT2D eigenvalue weighted by Gasteiger charge is -2.05. The van der Waals surface area contributed by atoms with Crippen LogP contribution in [0.3, 0.4) is 0 Å². The van der Waals surface area contributed by atoms with E-state index in [0.29, 0.717) is 12.2 Å². The van der Waals surface area contributed by atoms with Gasteiger partial charge in [-0.05, 0) is 18.6 Å². The summed E-state index contributed by atoms with van der Waals surface area (Å²) in [6.07, 6.45) is 0. The van der Waals surface area contributed by atoms with E-state index in [0.717, 1.165) is 10.0 Å². The topological polar surface area (TPSA) is 87.0 Å². The van der Waals surface area contributed by atoms with E-state index in [1.807, 2.05) is 24.3 Å². The minimum atomic E-state index is -0.506. The molecule has 7 heteroatoms. The molecule has 0 aliphatic heterocycles. The van der Waals surface area contributed by atoms with E-state index in [4.69, 9.17) is 5.73 Å². The molecule has 0 radical (unpaired) electrons. The van der Waals surface area contributed by atoms with Crippen LogP contribution in [-0.2, 0) is 6.54 Å². The Morgan fingerprint density at radius 3 is 2.72 bits per heavy atom. The van der Waals surface area contributed by atoms with Crippen LogP contribution in [0.1, 0.15) is 11.3 Å². The number of aromatic nitrogens is 2. The number of nitro groups is 1. The molecular weight excluding hydrogens is 300 g/mol. The van der Waals surface area contributed by atoms with Gasteiger partial charge in [-0.25, -0.2) is 4.68 Å². The summed E-state index contributed by atoms with van der Waals surface area (Å²) in [5, 5.41) is 14.9. The van der Waals surface area contributed by atoms with E-state index in [1.165, 1.54) is 4.68 Å². The molecule has 0 saturated carbocycles. The van der Waals surface area contributed by atoms with Crippen LogP contribution in [0.25, 0.3) is 0 Å². The van der Waals surface area contributed by atoms with Gasteiger partial charge in [-0.2, -0.15) is 5.10 Å². The molecule has 0 saturated heterocycles. The Bertz CT molecular complexity index is 609. The average Bonchev–Trinajstić information content (AvgIpc) is 2.57. The van der Waals surface area contributed by atoms with Crippen molar-refractivity contribution < 1.29 is 4.92 Å². The molecule has 0 fully saturated rings. The van der Waals surface area contributed by atoms with Gasteiger partial charge in [-0.3, -0.25) is 10.1 Å². The van der Waals surface area contributed by atoms with Gasteiger partial charge in [-0.1, -0.05) is 34.1 Å². The van der Waals surface area contributed by atoms with E-state index >= 15 is 0 Å². The van der Waals surface area contributed by atoms with Gasteiger partial charge in [0.15, 0.2) is 0 Å². The Hall–Kier alpha value is -1.89. The van der Waals surface area contributed by atoms with Crippen LogP contribution in [0, 0.1) is 17.0 Å². The maximum atomic E-state index is 10.8. The first-order chi connectivity index (χ1) is 8.50. The molecule has 6 nitrogen and oxygen atoms in total. The number of nitrogens with zero attached hydrogens (tertiary/aromatic N) is 3. The second kappa shape index (κ2) is 4.77. The van der Waals surface area contributed by atoms with Crippen molar-refractivity contribution in [1.82, 2.24) is 9.78 Å². The summed E-state index contributed by atoms with van der Waals surface area (Å²) in [6, 6.07) is 7.59. The normalized spacial score (nSPS) is 10.6. The highest BCUT2D eigenvalue weighted by atomic mass is 79.9. The van der Waals surface area contributed by atoms with Gasteiger partial charge in [-0.15, -0.1) is 0 Å². The molecule has 0 atom stereocenters. The summed E-state index contributed by atoms with van der Waals surface area (Å²) >= 11 is 3.42. The quantitative estimate of drug-likeness (QED) is 0.697. The smallest absolute Gasteiger partial charge is 0.333 e. The average molecular weight is 311 g/mol. The lowest BCUT2D eigenvalue weighted by molar-refractivity contribution is -0.384. The van der Waals surface area contributed by atoms with Gasteiger partial charge in [0.25, 0.3) is 0 Å². The Morgan fingerprint density at radius 2 is 2.17 bits per heavy atom. The van der Waals surface area contributed by atoms with Crippen LogP contribution in [0.2, 0.25) is 0 Å². The summed E-state index contributed by atoms with van der Waals surface area (Å²) in [4.78, 5) is 10.3. The predicted molar refractivity (Wildman–Crippen MR) is 71.3 cm³/mol. The number of aryl methyl sites for hydroxylation is 1. The highest BCUT2D eigenvalue weighted by Crippen LogP contribution is 2.26. The molecule has 1 aromatic carbocycles. The number of rotatable bonds is 3. The number of hydrogen-bond donors (Lipinski definition) is 1. The fourth-order valence-corrected chi connectivity index (χ4v) is 2.13. The van der Waals surface area contributed by atoms with Crippen LogP contribution >= 0.6 is 15.9 Å². The zero-order valence-corrected chi connectivity index (χ0v) is 11.2. The van der Waals surface area contributed by atoms with Gasteiger partial charge >= 0.3 is 5.69 Å². The summed E-state index contributed by atoms with van der Waals surface area (Å²) in [7, 11) is 0. The van der Waals surface area contributed by atoms with E-state index < -0.39 is 4.92 Å². The molecule has 1 heterocycles. The fraction of sp³-hybridized carbons (Fsp3) is 0.182. The van der Waals surface area contributed by atoms with Crippen LogP contribution in [0.4, 0.5) is 11.5 Å². The van der Waals surface area contributed by atoms with Crippen molar-refractivity contribution >= 4 is 27.4 Å². The molecule has 18 heavy (non-hydrogen) atoms. The van der Waals surface area contributed by atoms with Crippen LogP contribution in [0.15, 0.2) is 28.7 Å². The minimum absolute atomic E-state index is 0.0771. The third kappa shape index (κ3) is 2.21. The summed E-state index contributed by atoms with van der Waals surface area (Å²) in [5.41, 5.74) is 6.91. The van der Waals surface area contributed by atoms with Gasteiger partial charge in [0.1, 0.15) is 5.69 Å². The monoisotopic (exact) mass is 310 g/mol. The second-order valence-electron chi connectivity index (χ2n) is 3.83. The predicted octanol–water partition coefficient (Wildman–Crippen LogP) is 2.49. The molecule has 1 aromatic heterocycles. The molecule has 2 rings (SSSR count). The van der Waals surface area contributed by atoms with Crippen LogP contribution in [-0.4, -0.2) is 14.7 Å². The molecule has 0 bridgehead atoms. The van der Waals surface area contributed by atoms with Crippen molar-refractivity contribution in [2.45, 2.75) is 13.5 Å². The second-order valence-corrected chi connectivity index (χ2v) is 4.68. The number of nitrogens with two attached hydrogens (primary N) is 1. The van der Waals surface area contributed by atoms with E-state index in [-0.39, 0.29) is 11.5 Å². The molecule has 94 valence electrons. The maximum absolute atomic E-state index is 10.8. The Labute approximate surface area is 112 Å². The Kier molecular flexibility index (Phi) is 3.33. The van der Waals surface area contributed by atoms with Gasteiger partial charge in [0.05, 0.1) is 11.5 Å². The van der Waals surface area contributed by atoms with Crippen molar-refractivity contribution in [2.24, 2.45) is 0 Å². The lowest BCUT2D eigenvalue weighted by atomic mass is 10.2. The third-order valence-electron chi connectivity index (χ3n) is 2.59. The van der Waals surface area contributed by atoms with Crippen LogP contribution in [0.5, 0.6) is 0 Å². The molecular formula is C11H11BrN4O2.